The van der Waals surface area contributed by atoms with Crippen LogP contribution < -0.4 is 16.6 Å². The number of nitrogen functional groups attached to an aromatic ring is 1. The quantitative estimate of drug-likeness (QED) is 0.569. The molecule has 2 unspecified atom stereocenters. The lowest BCUT2D eigenvalue weighted by Gasteiger charge is -2.13. The van der Waals surface area contributed by atoms with Crippen LogP contribution in [0.5, 0.6) is 0 Å². The van der Waals surface area contributed by atoms with Crippen molar-refractivity contribution >= 4 is 11.7 Å². The average Bonchev–Trinajstić information content (AvgIpc) is 2.84. The maximum atomic E-state index is 12.3. The predicted octanol–water partition coefficient (Wildman–Crippen LogP) is 2.24. The van der Waals surface area contributed by atoms with Crippen LogP contribution in [0.1, 0.15) is 55.6 Å². The lowest BCUT2D eigenvalue weighted by atomic mass is 10.1. The maximum absolute atomic E-state index is 12.3. The monoisotopic (exact) mass is 276 g/mol. The lowest BCUT2D eigenvalue weighted by molar-refractivity contribution is 0.0937. The third kappa shape index (κ3) is 3.70. The van der Waals surface area contributed by atoms with Crippen molar-refractivity contribution in [1.82, 2.24) is 10.3 Å². The Hall–Kier alpha value is -1.62. The number of rotatable bonds is 5. The zero-order valence-electron chi connectivity index (χ0n) is 12.3. The van der Waals surface area contributed by atoms with Gasteiger partial charge in [0.1, 0.15) is 5.82 Å². The summed E-state index contributed by atoms with van der Waals surface area (Å²) in [5.74, 6) is 6.64. The van der Waals surface area contributed by atoms with E-state index in [1.165, 1.54) is 6.42 Å². The highest BCUT2D eigenvalue weighted by Crippen LogP contribution is 2.25. The summed E-state index contributed by atoms with van der Waals surface area (Å²) < 4.78 is 0. The number of nitrogens with zero attached hydrogens (tertiary/aromatic N) is 1. The summed E-state index contributed by atoms with van der Waals surface area (Å²) in [5.41, 5.74) is 4.06. The van der Waals surface area contributed by atoms with E-state index in [9.17, 15) is 4.79 Å². The summed E-state index contributed by atoms with van der Waals surface area (Å²) in [6.07, 6.45) is 5.17. The zero-order chi connectivity index (χ0) is 14.5. The number of pyridine rings is 1. The third-order valence-corrected chi connectivity index (χ3v) is 3.82. The first-order chi connectivity index (χ1) is 9.62. The van der Waals surface area contributed by atoms with E-state index in [-0.39, 0.29) is 5.91 Å². The number of carbonyl (C=O) groups is 1. The molecule has 1 saturated carbocycles. The first kappa shape index (κ1) is 14.8. The maximum Gasteiger partial charge on any atom is 0.251 e. The molecule has 1 amide bonds. The van der Waals surface area contributed by atoms with Crippen molar-refractivity contribution in [2.45, 2.75) is 52.0 Å². The predicted molar refractivity (Wildman–Crippen MR) is 80.3 cm³/mol. The number of anilines is 1. The van der Waals surface area contributed by atoms with Gasteiger partial charge in [0, 0.05) is 17.3 Å². The van der Waals surface area contributed by atoms with Crippen molar-refractivity contribution in [3.63, 3.8) is 0 Å². The molecule has 0 radical (unpaired) electrons. The summed E-state index contributed by atoms with van der Waals surface area (Å²) in [4.78, 5) is 16.7. The van der Waals surface area contributed by atoms with Crippen LogP contribution in [0.3, 0.4) is 0 Å². The minimum Gasteiger partial charge on any atom is -0.349 e. The third-order valence-electron chi connectivity index (χ3n) is 3.82. The second-order valence-corrected chi connectivity index (χ2v) is 5.72. The molecular weight excluding hydrogens is 252 g/mol. The van der Waals surface area contributed by atoms with Gasteiger partial charge in [0.15, 0.2) is 0 Å². The first-order valence-corrected chi connectivity index (χ1v) is 7.40. The van der Waals surface area contributed by atoms with Crippen LogP contribution in [-0.4, -0.2) is 16.9 Å². The molecule has 1 fully saturated rings. The Morgan fingerprint density at radius 3 is 2.85 bits per heavy atom. The highest BCUT2D eigenvalue weighted by atomic mass is 16.1. The number of amides is 1. The number of nitrogens with two attached hydrogens (primary N) is 1. The van der Waals surface area contributed by atoms with E-state index in [0.717, 1.165) is 31.4 Å². The molecular formula is C15H24N4O. The summed E-state index contributed by atoms with van der Waals surface area (Å²) in [6.45, 7) is 4.32. The molecule has 5 heteroatoms. The molecule has 5 nitrogen and oxygen atoms in total. The van der Waals surface area contributed by atoms with Gasteiger partial charge in [-0.2, -0.15) is 0 Å². The van der Waals surface area contributed by atoms with Gasteiger partial charge in [-0.25, -0.2) is 10.8 Å². The van der Waals surface area contributed by atoms with Gasteiger partial charge < -0.3 is 10.7 Å². The molecule has 0 spiro atoms. The molecule has 0 aliphatic heterocycles. The smallest absolute Gasteiger partial charge is 0.251 e. The van der Waals surface area contributed by atoms with Gasteiger partial charge in [0.2, 0.25) is 0 Å². The fourth-order valence-corrected chi connectivity index (χ4v) is 2.78. The normalized spacial score (nSPS) is 21.8. The van der Waals surface area contributed by atoms with Crippen molar-refractivity contribution in [2.75, 3.05) is 5.43 Å². The van der Waals surface area contributed by atoms with Gasteiger partial charge in [-0.1, -0.05) is 20.3 Å². The molecule has 2 rings (SSSR count). The van der Waals surface area contributed by atoms with Crippen LogP contribution in [-0.2, 0) is 6.42 Å². The fourth-order valence-electron chi connectivity index (χ4n) is 2.78. The van der Waals surface area contributed by atoms with Crippen LogP contribution in [0.4, 0.5) is 5.82 Å². The minimum atomic E-state index is -0.0275. The van der Waals surface area contributed by atoms with Crippen molar-refractivity contribution in [3.05, 3.63) is 23.4 Å². The van der Waals surface area contributed by atoms with Gasteiger partial charge in [-0.3, -0.25) is 4.79 Å². The van der Waals surface area contributed by atoms with Crippen molar-refractivity contribution in [1.29, 1.82) is 0 Å². The second-order valence-electron chi connectivity index (χ2n) is 5.72. The van der Waals surface area contributed by atoms with Gasteiger partial charge in [0.05, 0.1) is 0 Å². The summed E-state index contributed by atoms with van der Waals surface area (Å²) in [7, 11) is 0. The van der Waals surface area contributed by atoms with Gasteiger partial charge in [-0.15, -0.1) is 0 Å². The Labute approximate surface area is 120 Å². The van der Waals surface area contributed by atoms with Crippen LogP contribution in [0.25, 0.3) is 0 Å². The van der Waals surface area contributed by atoms with E-state index in [4.69, 9.17) is 5.84 Å². The summed E-state index contributed by atoms with van der Waals surface area (Å²) in [6, 6.07) is 3.86. The molecule has 110 valence electrons. The van der Waals surface area contributed by atoms with E-state index in [1.54, 1.807) is 6.07 Å². The molecule has 0 aromatic carbocycles. The van der Waals surface area contributed by atoms with Crippen molar-refractivity contribution in [2.24, 2.45) is 11.8 Å². The Balaban J connectivity index is 2.09. The molecule has 20 heavy (non-hydrogen) atoms. The summed E-state index contributed by atoms with van der Waals surface area (Å²) in [5, 5.41) is 3.11. The molecule has 4 N–H and O–H groups in total. The Morgan fingerprint density at radius 1 is 1.45 bits per heavy atom. The number of hydrazine groups is 1. The Bertz CT molecular complexity index is 475. The van der Waals surface area contributed by atoms with Gasteiger partial charge in [-0.05, 0) is 43.7 Å². The highest BCUT2D eigenvalue weighted by Gasteiger charge is 2.23. The molecule has 1 aromatic heterocycles. The molecule has 0 bridgehead atoms. The highest BCUT2D eigenvalue weighted by molar-refractivity contribution is 5.95. The van der Waals surface area contributed by atoms with Crippen LogP contribution in [0.2, 0.25) is 0 Å². The van der Waals surface area contributed by atoms with E-state index in [1.807, 2.05) is 6.07 Å². The number of hydrogen-bond donors (Lipinski definition) is 3. The van der Waals surface area contributed by atoms with Crippen molar-refractivity contribution in [3.8, 4) is 0 Å². The number of aryl methyl sites for hydroxylation is 1. The SMILES string of the molecule is CCCc1cc(C(=O)NC2CCC(C)C2)cc(NN)n1. The van der Waals surface area contributed by atoms with Gasteiger partial charge >= 0.3 is 0 Å². The number of hydrogen-bond acceptors (Lipinski definition) is 4. The minimum absolute atomic E-state index is 0.0275. The number of nitrogens with one attached hydrogen (secondary N) is 2. The van der Waals surface area contributed by atoms with E-state index in [0.29, 0.717) is 23.3 Å². The number of carbonyl (C=O) groups excluding carboxylic acids is 1. The lowest BCUT2D eigenvalue weighted by Crippen LogP contribution is -2.33. The van der Waals surface area contributed by atoms with Gasteiger partial charge in [0.25, 0.3) is 5.91 Å². The van der Waals surface area contributed by atoms with E-state index < -0.39 is 0 Å². The average molecular weight is 276 g/mol. The second kappa shape index (κ2) is 6.70. The Morgan fingerprint density at radius 2 is 2.25 bits per heavy atom. The van der Waals surface area contributed by atoms with Crippen molar-refractivity contribution < 1.29 is 4.79 Å². The summed E-state index contributed by atoms with van der Waals surface area (Å²) >= 11 is 0. The first-order valence-electron chi connectivity index (χ1n) is 7.40. The molecule has 0 saturated heterocycles. The molecule has 1 heterocycles. The van der Waals surface area contributed by atoms with Crippen LogP contribution in [0, 0.1) is 5.92 Å². The Kier molecular flexibility index (Phi) is 4.95. The molecule has 1 aromatic rings. The molecule has 2 atom stereocenters. The molecule has 1 aliphatic rings. The van der Waals surface area contributed by atoms with E-state index in [2.05, 4.69) is 29.6 Å². The standard InChI is InChI=1S/C15H24N4O/c1-3-4-12-8-11(9-14(17-12)19-16)15(20)18-13-6-5-10(2)7-13/h8-10,13H,3-7,16H2,1-2H3,(H,17,19)(H,18,20). The molecule has 1 aliphatic carbocycles. The fraction of sp³-hybridized carbons (Fsp3) is 0.600. The number of aromatic nitrogens is 1. The zero-order valence-corrected chi connectivity index (χ0v) is 12.3. The van der Waals surface area contributed by atoms with Crippen LogP contribution in [0.15, 0.2) is 12.1 Å². The topological polar surface area (TPSA) is 80.0 Å². The van der Waals surface area contributed by atoms with E-state index >= 15 is 0 Å². The van der Waals surface area contributed by atoms with Crippen LogP contribution >= 0.6 is 0 Å². The largest absolute Gasteiger partial charge is 0.349 e.